The van der Waals surface area contributed by atoms with Crippen molar-refractivity contribution in [2.45, 2.75) is 82.9 Å². The summed E-state index contributed by atoms with van der Waals surface area (Å²) in [5.41, 5.74) is 0.823. The Hall–Kier alpha value is -2.68. The lowest BCUT2D eigenvalue weighted by molar-refractivity contribution is -0.178. The average Bonchev–Trinajstić information content (AvgIpc) is 2.77. The molecular formula is C28H31ClF5NO3. The Bertz CT molecular complexity index is 1150. The number of benzene rings is 2. The van der Waals surface area contributed by atoms with Gasteiger partial charge in [0, 0.05) is 19.3 Å². The summed E-state index contributed by atoms with van der Waals surface area (Å²) in [5.74, 6) is -8.05. The molecule has 2 unspecified atom stereocenters. The molecule has 208 valence electrons. The normalized spacial score (nSPS) is 17.3. The Labute approximate surface area is 223 Å². The zero-order chi connectivity index (χ0) is 28.5. The van der Waals surface area contributed by atoms with E-state index < -0.39 is 41.4 Å². The molecule has 3 rings (SSSR count). The number of amides is 1. The second-order valence-corrected chi connectivity index (χ2v) is 11.2. The van der Waals surface area contributed by atoms with Crippen LogP contribution < -0.4 is 5.32 Å². The van der Waals surface area contributed by atoms with Crippen LogP contribution in [0.4, 0.5) is 27.6 Å². The Balaban J connectivity index is 1.78. The number of anilines is 1. The van der Waals surface area contributed by atoms with Gasteiger partial charge in [-0.25, -0.2) is 8.78 Å². The first kappa shape index (κ1) is 29.9. The first-order valence-corrected chi connectivity index (χ1v) is 12.7. The second-order valence-electron chi connectivity index (χ2n) is 10.8. The molecule has 1 aliphatic carbocycles. The van der Waals surface area contributed by atoms with Gasteiger partial charge in [-0.05, 0) is 61.9 Å². The molecule has 1 amide bonds. The number of alkyl halides is 5. The Morgan fingerprint density at radius 1 is 1.08 bits per heavy atom. The number of aryl methyl sites for hydroxylation is 1. The smallest absolute Gasteiger partial charge is 0.392 e. The van der Waals surface area contributed by atoms with Crippen LogP contribution in [0.15, 0.2) is 42.5 Å². The van der Waals surface area contributed by atoms with Gasteiger partial charge in [-0.15, -0.1) is 0 Å². The van der Waals surface area contributed by atoms with Crippen molar-refractivity contribution >= 4 is 29.2 Å². The highest BCUT2D eigenvalue weighted by Crippen LogP contribution is 2.48. The van der Waals surface area contributed by atoms with Crippen LogP contribution in [-0.4, -0.2) is 29.6 Å². The van der Waals surface area contributed by atoms with Gasteiger partial charge in [0.1, 0.15) is 5.60 Å². The number of halogens is 6. The van der Waals surface area contributed by atoms with Gasteiger partial charge in [0.2, 0.25) is 11.8 Å². The molecule has 0 saturated heterocycles. The fraction of sp³-hybridized carbons (Fsp3) is 0.500. The number of hydrogen-bond acceptors (Lipinski definition) is 3. The zero-order valence-electron chi connectivity index (χ0n) is 21.6. The summed E-state index contributed by atoms with van der Waals surface area (Å²) in [6, 6.07) is 10.4. The Kier molecular flexibility index (Phi) is 8.81. The zero-order valence-corrected chi connectivity index (χ0v) is 22.4. The van der Waals surface area contributed by atoms with Crippen LogP contribution in [0, 0.1) is 5.92 Å². The van der Waals surface area contributed by atoms with Crippen molar-refractivity contribution in [3.63, 3.8) is 0 Å². The molecule has 10 heteroatoms. The summed E-state index contributed by atoms with van der Waals surface area (Å²) in [5, 5.41) is 2.64. The molecule has 0 spiro atoms. The molecule has 2 atom stereocenters. The third kappa shape index (κ3) is 7.91. The number of rotatable bonds is 8. The van der Waals surface area contributed by atoms with Gasteiger partial charge in [0.15, 0.2) is 0 Å². The fourth-order valence-corrected chi connectivity index (χ4v) is 4.57. The predicted octanol–water partition coefficient (Wildman–Crippen LogP) is 8.05. The predicted molar refractivity (Wildman–Crippen MR) is 136 cm³/mol. The van der Waals surface area contributed by atoms with E-state index in [0.717, 1.165) is 6.92 Å². The molecule has 0 radical (unpaired) electrons. The van der Waals surface area contributed by atoms with Crippen LogP contribution in [0.5, 0.6) is 0 Å². The molecule has 0 heterocycles. The van der Waals surface area contributed by atoms with Crippen molar-refractivity contribution in [3.8, 4) is 0 Å². The summed E-state index contributed by atoms with van der Waals surface area (Å²) in [7, 11) is 0. The molecular weight excluding hydrogens is 529 g/mol. The molecule has 1 aliphatic rings. The SMILES string of the molecule is CC(C(C(=O)Nc1cc(CCC(=O)OC(C)(C)C)ccc1Cl)c1ccc(C2CC(F)(F)C2)cc1)C(F)(F)F. The summed E-state index contributed by atoms with van der Waals surface area (Å²) in [4.78, 5) is 25.3. The third-order valence-electron chi connectivity index (χ3n) is 6.48. The van der Waals surface area contributed by atoms with Crippen molar-refractivity contribution in [3.05, 3.63) is 64.2 Å². The summed E-state index contributed by atoms with van der Waals surface area (Å²) >= 11 is 6.22. The number of carbonyl (C=O) groups is 2. The van der Waals surface area contributed by atoms with Crippen LogP contribution in [0.3, 0.4) is 0 Å². The maximum absolute atomic E-state index is 13.7. The van der Waals surface area contributed by atoms with Gasteiger partial charge in [-0.1, -0.05) is 48.9 Å². The van der Waals surface area contributed by atoms with Gasteiger partial charge in [-0.2, -0.15) is 13.2 Å². The molecule has 1 N–H and O–H groups in total. The highest BCUT2D eigenvalue weighted by atomic mass is 35.5. The molecule has 2 aromatic carbocycles. The maximum atomic E-state index is 13.7. The van der Waals surface area contributed by atoms with Crippen LogP contribution in [0.25, 0.3) is 0 Å². The van der Waals surface area contributed by atoms with E-state index in [1.54, 1.807) is 26.8 Å². The van der Waals surface area contributed by atoms with Crippen molar-refractivity contribution in [1.82, 2.24) is 0 Å². The van der Waals surface area contributed by atoms with Gasteiger partial charge >= 0.3 is 12.1 Å². The number of hydrogen-bond donors (Lipinski definition) is 1. The van der Waals surface area contributed by atoms with Gasteiger partial charge in [0.25, 0.3) is 0 Å². The molecule has 38 heavy (non-hydrogen) atoms. The molecule has 1 fully saturated rings. The number of ether oxygens (including phenoxy) is 1. The minimum absolute atomic E-state index is 0.0687. The lowest BCUT2D eigenvalue weighted by Gasteiger charge is -2.35. The summed E-state index contributed by atoms with van der Waals surface area (Å²) in [6.07, 6.45) is -4.94. The van der Waals surface area contributed by atoms with Crippen LogP contribution in [0.2, 0.25) is 5.02 Å². The first-order chi connectivity index (χ1) is 17.4. The molecule has 0 aromatic heterocycles. The topological polar surface area (TPSA) is 55.4 Å². The van der Waals surface area contributed by atoms with Gasteiger partial charge in [0.05, 0.1) is 22.5 Å². The van der Waals surface area contributed by atoms with E-state index in [-0.39, 0.29) is 47.9 Å². The number of nitrogens with one attached hydrogen (secondary N) is 1. The van der Waals surface area contributed by atoms with E-state index in [4.69, 9.17) is 16.3 Å². The number of carbonyl (C=O) groups excluding carboxylic acids is 2. The quantitative estimate of drug-likeness (QED) is 0.263. The lowest BCUT2D eigenvalue weighted by Crippen LogP contribution is -2.35. The van der Waals surface area contributed by atoms with E-state index in [1.165, 1.54) is 36.4 Å². The fourth-order valence-electron chi connectivity index (χ4n) is 4.40. The highest BCUT2D eigenvalue weighted by Gasteiger charge is 2.47. The van der Waals surface area contributed by atoms with Gasteiger partial charge < -0.3 is 10.1 Å². The van der Waals surface area contributed by atoms with Crippen LogP contribution >= 0.6 is 11.6 Å². The number of esters is 1. The Morgan fingerprint density at radius 2 is 1.68 bits per heavy atom. The maximum Gasteiger partial charge on any atom is 0.392 e. The van der Waals surface area contributed by atoms with E-state index >= 15 is 0 Å². The molecule has 0 bridgehead atoms. The van der Waals surface area contributed by atoms with Crippen LogP contribution in [-0.2, 0) is 20.7 Å². The van der Waals surface area contributed by atoms with Crippen molar-refractivity contribution in [2.24, 2.45) is 5.92 Å². The van der Waals surface area contributed by atoms with Crippen molar-refractivity contribution in [1.29, 1.82) is 0 Å². The van der Waals surface area contributed by atoms with E-state index in [1.807, 2.05) is 0 Å². The summed E-state index contributed by atoms with van der Waals surface area (Å²) < 4.78 is 73.0. The second kappa shape index (κ2) is 11.2. The average molecular weight is 560 g/mol. The van der Waals surface area contributed by atoms with Crippen LogP contribution in [0.1, 0.15) is 75.5 Å². The van der Waals surface area contributed by atoms with Gasteiger partial charge in [-0.3, -0.25) is 9.59 Å². The third-order valence-corrected chi connectivity index (χ3v) is 6.81. The molecule has 1 saturated carbocycles. The minimum Gasteiger partial charge on any atom is -0.460 e. The summed E-state index contributed by atoms with van der Waals surface area (Å²) in [6.45, 7) is 6.17. The van der Waals surface area contributed by atoms with E-state index in [9.17, 15) is 31.5 Å². The lowest BCUT2D eigenvalue weighted by atomic mass is 9.76. The van der Waals surface area contributed by atoms with Crippen molar-refractivity contribution < 1.29 is 36.3 Å². The molecule has 0 aliphatic heterocycles. The van der Waals surface area contributed by atoms with Crippen molar-refractivity contribution in [2.75, 3.05) is 5.32 Å². The highest BCUT2D eigenvalue weighted by molar-refractivity contribution is 6.33. The Morgan fingerprint density at radius 3 is 2.21 bits per heavy atom. The first-order valence-electron chi connectivity index (χ1n) is 12.3. The molecule has 2 aromatic rings. The van der Waals surface area contributed by atoms with E-state index in [2.05, 4.69) is 5.32 Å². The standard InChI is InChI=1S/C28H31ClF5NO3/c1-16(28(32,33)34)24(19-9-7-18(8-10-19)20-14-27(30,31)15-20)25(37)35-22-13-17(5-11-21(22)29)6-12-23(36)38-26(2,3)4/h5,7-11,13,16,20,24H,6,12,14-15H2,1-4H3,(H,35,37). The largest absolute Gasteiger partial charge is 0.460 e. The van der Waals surface area contributed by atoms with E-state index in [0.29, 0.717) is 11.1 Å². The molecule has 4 nitrogen and oxygen atoms in total. The monoisotopic (exact) mass is 559 g/mol. The minimum atomic E-state index is -4.67.